The van der Waals surface area contributed by atoms with Gasteiger partial charge in [0.25, 0.3) is 5.91 Å². The van der Waals surface area contributed by atoms with E-state index in [0.29, 0.717) is 5.69 Å². The van der Waals surface area contributed by atoms with E-state index in [1.165, 1.54) is 6.26 Å². The minimum atomic E-state index is -0.0596. The molecule has 6 nitrogen and oxygen atoms in total. The van der Waals surface area contributed by atoms with Gasteiger partial charge in [0.15, 0.2) is 5.69 Å². The Hall–Kier alpha value is -2.11. The molecule has 2 aromatic rings. The molecular formula is C15H20N4O2. The van der Waals surface area contributed by atoms with E-state index in [2.05, 4.69) is 15.4 Å². The molecule has 1 atom stereocenters. The molecular weight excluding hydrogens is 268 g/mol. The number of H-pyrrole nitrogens is 1. The minimum absolute atomic E-state index is 0.0596. The van der Waals surface area contributed by atoms with Gasteiger partial charge in [-0.05, 0) is 26.7 Å². The van der Waals surface area contributed by atoms with Crippen LogP contribution in [0.3, 0.4) is 0 Å². The topological polar surface area (TPSA) is 75.0 Å². The van der Waals surface area contributed by atoms with Crippen molar-refractivity contribution < 1.29 is 9.32 Å². The summed E-state index contributed by atoms with van der Waals surface area (Å²) in [6.45, 7) is 4.75. The second-order valence-electron chi connectivity index (χ2n) is 5.60. The van der Waals surface area contributed by atoms with Crippen LogP contribution in [0.1, 0.15) is 59.2 Å². The Morgan fingerprint density at radius 2 is 2.24 bits per heavy atom. The summed E-state index contributed by atoms with van der Waals surface area (Å²) < 4.78 is 4.82. The van der Waals surface area contributed by atoms with Gasteiger partial charge in [0.2, 0.25) is 0 Å². The third-order valence-corrected chi connectivity index (χ3v) is 4.19. The Labute approximate surface area is 123 Å². The summed E-state index contributed by atoms with van der Waals surface area (Å²) >= 11 is 0. The maximum absolute atomic E-state index is 12.7. The normalized spacial score (nSPS) is 19.5. The number of carbonyl (C=O) groups excluding carboxylic acids is 1. The molecule has 3 heterocycles. The van der Waals surface area contributed by atoms with Crippen molar-refractivity contribution in [2.45, 2.75) is 45.6 Å². The summed E-state index contributed by atoms with van der Waals surface area (Å²) in [4.78, 5) is 14.6. The number of carbonyl (C=O) groups is 1. The van der Waals surface area contributed by atoms with Crippen molar-refractivity contribution in [1.82, 2.24) is 20.3 Å². The first-order valence-corrected chi connectivity index (χ1v) is 7.41. The SMILES string of the molecule is Cc1n[nH]c(C)c1C1CCCCCN1C(=O)c1ccon1. The smallest absolute Gasteiger partial charge is 0.276 e. The molecule has 2 aromatic heterocycles. The third-order valence-electron chi connectivity index (χ3n) is 4.19. The van der Waals surface area contributed by atoms with E-state index in [1.54, 1.807) is 6.07 Å². The fraction of sp³-hybridized carbons (Fsp3) is 0.533. The van der Waals surface area contributed by atoms with Crippen LogP contribution in [0.5, 0.6) is 0 Å². The summed E-state index contributed by atoms with van der Waals surface area (Å²) in [7, 11) is 0. The van der Waals surface area contributed by atoms with Gasteiger partial charge in [-0.3, -0.25) is 9.89 Å². The van der Waals surface area contributed by atoms with Crippen molar-refractivity contribution in [3.8, 4) is 0 Å². The molecule has 1 fully saturated rings. The fourth-order valence-electron chi connectivity index (χ4n) is 3.17. The molecule has 1 saturated heterocycles. The maximum atomic E-state index is 12.7. The van der Waals surface area contributed by atoms with Crippen LogP contribution in [-0.2, 0) is 0 Å². The van der Waals surface area contributed by atoms with E-state index in [1.807, 2.05) is 18.7 Å². The monoisotopic (exact) mass is 288 g/mol. The van der Waals surface area contributed by atoms with Crippen LogP contribution in [0.2, 0.25) is 0 Å². The van der Waals surface area contributed by atoms with Gasteiger partial charge in [-0.1, -0.05) is 18.0 Å². The van der Waals surface area contributed by atoms with Gasteiger partial charge < -0.3 is 9.42 Å². The molecule has 3 rings (SSSR count). The van der Waals surface area contributed by atoms with Crippen LogP contribution in [0, 0.1) is 13.8 Å². The molecule has 0 bridgehead atoms. The second kappa shape index (κ2) is 5.71. The Bertz CT molecular complexity index is 598. The molecule has 112 valence electrons. The third kappa shape index (κ3) is 2.57. The molecule has 1 N–H and O–H groups in total. The molecule has 1 aliphatic heterocycles. The largest absolute Gasteiger partial charge is 0.364 e. The molecule has 1 unspecified atom stereocenters. The lowest BCUT2D eigenvalue weighted by Crippen LogP contribution is -2.35. The zero-order valence-electron chi connectivity index (χ0n) is 12.4. The number of likely N-dealkylation sites (tertiary alicyclic amines) is 1. The highest BCUT2D eigenvalue weighted by Gasteiger charge is 2.31. The summed E-state index contributed by atoms with van der Waals surface area (Å²) in [6, 6.07) is 1.69. The Kier molecular flexibility index (Phi) is 3.77. The molecule has 6 heteroatoms. The van der Waals surface area contributed by atoms with Crippen molar-refractivity contribution in [3.05, 3.63) is 35.0 Å². The number of nitrogens with zero attached hydrogens (tertiary/aromatic N) is 3. The minimum Gasteiger partial charge on any atom is -0.364 e. The summed E-state index contributed by atoms with van der Waals surface area (Å²) in [6.07, 6.45) is 5.70. The van der Waals surface area contributed by atoms with Gasteiger partial charge in [0.1, 0.15) is 6.26 Å². The van der Waals surface area contributed by atoms with Gasteiger partial charge in [-0.2, -0.15) is 5.10 Å². The van der Waals surface area contributed by atoms with Gasteiger partial charge in [0.05, 0.1) is 11.7 Å². The zero-order valence-corrected chi connectivity index (χ0v) is 12.4. The van der Waals surface area contributed by atoms with Crippen molar-refractivity contribution in [2.75, 3.05) is 6.54 Å². The predicted octanol–water partition coefficient (Wildman–Crippen LogP) is 2.77. The van der Waals surface area contributed by atoms with E-state index in [0.717, 1.165) is 49.2 Å². The highest BCUT2D eigenvalue weighted by molar-refractivity contribution is 5.92. The molecule has 21 heavy (non-hydrogen) atoms. The van der Waals surface area contributed by atoms with E-state index in [4.69, 9.17) is 4.52 Å². The first-order valence-electron chi connectivity index (χ1n) is 7.41. The average molecular weight is 288 g/mol. The van der Waals surface area contributed by atoms with Crippen LogP contribution in [-0.4, -0.2) is 32.7 Å². The summed E-state index contributed by atoms with van der Waals surface area (Å²) in [5.41, 5.74) is 3.53. The highest BCUT2D eigenvalue weighted by Crippen LogP contribution is 2.33. The number of aryl methyl sites for hydroxylation is 2. The summed E-state index contributed by atoms with van der Waals surface area (Å²) in [5.74, 6) is -0.0596. The molecule has 0 saturated carbocycles. The first-order chi connectivity index (χ1) is 10.2. The Morgan fingerprint density at radius 1 is 1.38 bits per heavy atom. The number of nitrogens with one attached hydrogen (secondary N) is 1. The zero-order chi connectivity index (χ0) is 14.8. The first kappa shape index (κ1) is 13.9. The number of hydrogen-bond acceptors (Lipinski definition) is 4. The Balaban J connectivity index is 1.96. The second-order valence-corrected chi connectivity index (χ2v) is 5.60. The molecule has 0 radical (unpaired) electrons. The van der Waals surface area contributed by atoms with Crippen molar-refractivity contribution in [1.29, 1.82) is 0 Å². The van der Waals surface area contributed by atoms with E-state index in [-0.39, 0.29) is 11.9 Å². The predicted molar refractivity (Wildman–Crippen MR) is 76.8 cm³/mol. The van der Waals surface area contributed by atoms with Crippen LogP contribution in [0.4, 0.5) is 0 Å². The summed E-state index contributed by atoms with van der Waals surface area (Å²) in [5, 5.41) is 11.1. The van der Waals surface area contributed by atoms with Crippen LogP contribution < -0.4 is 0 Å². The van der Waals surface area contributed by atoms with Gasteiger partial charge >= 0.3 is 0 Å². The van der Waals surface area contributed by atoms with Crippen LogP contribution >= 0.6 is 0 Å². The Morgan fingerprint density at radius 3 is 2.90 bits per heavy atom. The highest BCUT2D eigenvalue weighted by atomic mass is 16.5. The van der Waals surface area contributed by atoms with E-state index < -0.39 is 0 Å². The molecule has 0 aromatic carbocycles. The number of rotatable bonds is 2. The van der Waals surface area contributed by atoms with Gasteiger partial charge in [-0.15, -0.1) is 0 Å². The number of amides is 1. The fourth-order valence-corrected chi connectivity index (χ4v) is 3.17. The number of aromatic amines is 1. The van der Waals surface area contributed by atoms with Gasteiger partial charge in [-0.25, -0.2) is 0 Å². The van der Waals surface area contributed by atoms with E-state index >= 15 is 0 Å². The average Bonchev–Trinajstić information content (AvgIpc) is 3.04. The lowest BCUT2D eigenvalue weighted by atomic mass is 9.98. The quantitative estimate of drug-likeness (QED) is 0.922. The molecule has 0 aliphatic carbocycles. The van der Waals surface area contributed by atoms with Gasteiger partial charge in [0, 0.05) is 23.9 Å². The van der Waals surface area contributed by atoms with Crippen molar-refractivity contribution in [2.24, 2.45) is 0 Å². The molecule has 1 aliphatic rings. The molecule has 0 spiro atoms. The van der Waals surface area contributed by atoms with Crippen molar-refractivity contribution >= 4 is 5.91 Å². The lowest BCUT2D eigenvalue weighted by Gasteiger charge is -2.30. The van der Waals surface area contributed by atoms with Crippen LogP contribution in [0.25, 0.3) is 0 Å². The molecule has 1 amide bonds. The lowest BCUT2D eigenvalue weighted by molar-refractivity contribution is 0.0669. The van der Waals surface area contributed by atoms with Crippen LogP contribution in [0.15, 0.2) is 16.9 Å². The van der Waals surface area contributed by atoms with E-state index in [9.17, 15) is 4.79 Å². The van der Waals surface area contributed by atoms with Crippen molar-refractivity contribution in [3.63, 3.8) is 0 Å². The number of hydrogen-bond donors (Lipinski definition) is 1. The number of aromatic nitrogens is 3. The maximum Gasteiger partial charge on any atom is 0.276 e. The standard InChI is InChI=1S/C15H20N4O2/c1-10-14(11(2)17-16-10)13-6-4-3-5-8-19(13)15(20)12-7-9-21-18-12/h7,9,13H,3-6,8H2,1-2H3,(H,16,17).